The average molecular weight is 302 g/mol. The number of rotatable bonds is 6. The predicted molar refractivity (Wildman–Crippen MR) is 83.2 cm³/mol. The third-order valence-electron chi connectivity index (χ3n) is 4.87. The Bertz CT molecular complexity index is 313. The lowest BCUT2D eigenvalue weighted by atomic mass is 10.1. The highest BCUT2D eigenvalue weighted by Crippen LogP contribution is 2.46. The van der Waals surface area contributed by atoms with Crippen LogP contribution in [0.3, 0.4) is 0 Å². The number of nitrogens with zero attached hydrogens (tertiary/aromatic N) is 2. The second kappa shape index (κ2) is 7.10. The van der Waals surface area contributed by atoms with Crippen molar-refractivity contribution in [1.29, 1.82) is 0 Å². The van der Waals surface area contributed by atoms with Crippen molar-refractivity contribution in [2.24, 2.45) is 11.8 Å². The van der Waals surface area contributed by atoms with Gasteiger partial charge in [-0.1, -0.05) is 0 Å². The highest BCUT2D eigenvalue weighted by molar-refractivity contribution is 5.85. The van der Waals surface area contributed by atoms with Crippen molar-refractivity contribution < 1.29 is 4.79 Å². The van der Waals surface area contributed by atoms with E-state index >= 15 is 0 Å². The van der Waals surface area contributed by atoms with E-state index in [1.807, 2.05) is 4.90 Å². The van der Waals surface area contributed by atoms with Gasteiger partial charge in [0.05, 0.1) is 0 Å². The Labute approximate surface area is 128 Å². The minimum atomic E-state index is 0. The molecule has 0 aromatic carbocycles. The molecule has 1 N–H and O–H groups in total. The van der Waals surface area contributed by atoms with Crippen LogP contribution in [0.1, 0.15) is 32.1 Å². The van der Waals surface area contributed by atoms with Gasteiger partial charge >= 0.3 is 0 Å². The topological polar surface area (TPSA) is 35.6 Å². The number of hydrogen-bond donors (Lipinski definition) is 1. The quantitative estimate of drug-likeness (QED) is 0.804. The monoisotopic (exact) mass is 301 g/mol. The summed E-state index contributed by atoms with van der Waals surface area (Å²) in [6, 6.07) is 0.774. The Kier molecular flexibility index (Phi) is 5.70. The molecule has 1 heterocycles. The molecule has 0 bridgehead atoms. The third-order valence-corrected chi connectivity index (χ3v) is 4.87. The first-order chi connectivity index (χ1) is 9.25. The van der Waals surface area contributed by atoms with Crippen molar-refractivity contribution in [1.82, 2.24) is 15.1 Å². The normalized spacial score (nSPS) is 23.1. The van der Waals surface area contributed by atoms with Crippen LogP contribution in [0.25, 0.3) is 0 Å². The number of carbonyl (C=O) groups is 1. The van der Waals surface area contributed by atoms with E-state index in [0.717, 1.165) is 50.6 Å². The molecule has 1 aliphatic heterocycles. The molecule has 4 nitrogen and oxygen atoms in total. The summed E-state index contributed by atoms with van der Waals surface area (Å²) in [5.41, 5.74) is 0. The van der Waals surface area contributed by atoms with Crippen LogP contribution in [0.5, 0.6) is 0 Å². The Morgan fingerprint density at radius 1 is 1.20 bits per heavy atom. The van der Waals surface area contributed by atoms with Crippen molar-refractivity contribution in [3.8, 4) is 0 Å². The highest BCUT2D eigenvalue weighted by Gasteiger charge is 2.43. The van der Waals surface area contributed by atoms with Gasteiger partial charge in [0.25, 0.3) is 0 Å². The summed E-state index contributed by atoms with van der Waals surface area (Å²) < 4.78 is 0. The summed E-state index contributed by atoms with van der Waals surface area (Å²) in [7, 11) is 2.23. The van der Waals surface area contributed by atoms with Crippen LogP contribution in [0.4, 0.5) is 0 Å². The zero-order chi connectivity index (χ0) is 13.2. The highest BCUT2D eigenvalue weighted by atomic mass is 35.5. The maximum atomic E-state index is 12.2. The van der Waals surface area contributed by atoms with Crippen LogP contribution >= 0.6 is 12.4 Å². The Hall–Kier alpha value is -0.320. The van der Waals surface area contributed by atoms with Crippen molar-refractivity contribution in [3.05, 3.63) is 0 Å². The van der Waals surface area contributed by atoms with E-state index in [4.69, 9.17) is 0 Å². The summed E-state index contributed by atoms with van der Waals surface area (Å²) in [6.45, 7) is 4.62. The minimum Gasteiger partial charge on any atom is -0.340 e. The Morgan fingerprint density at radius 3 is 2.25 bits per heavy atom. The molecule has 0 aromatic rings. The maximum Gasteiger partial charge on any atom is 0.223 e. The molecular weight excluding hydrogens is 274 g/mol. The Morgan fingerprint density at radius 2 is 1.75 bits per heavy atom. The molecule has 2 aliphatic carbocycles. The smallest absolute Gasteiger partial charge is 0.223 e. The van der Waals surface area contributed by atoms with E-state index in [-0.39, 0.29) is 12.4 Å². The van der Waals surface area contributed by atoms with Gasteiger partial charge in [-0.2, -0.15) is 0 Å². The molecule has 1 saturated heterocycles. The fourth-order valence-corrected chi connectivity index (χ4v) is 3.47. The van der Waals surface area contributed by atoms with Gasteiger partial charge in [0.2, 0.25) is 5.91 Å². The van der Waals surface area contributed by atoms with Gasteiger partial charge < -0.3 is 15.1 Å². The van der Waals surface area contributed by atoms with Gasteiger partial charge in [-0.05, 0) is 44.6 Å². The lowest BCUT2D eigenvalue weighted by Gasteiger charge is -2.31. The number of halogens is 1. The fraction of sp³-hybridized carbons (Fsp3) is 0.933. The van der Waals surface area contributed by atoms with Crippen LogP contribution in [-0.2, 0) is 4.79 Å². The summed E-state index contributed by atoms with van der Waals surface area (Å²) in [4.78, 5) is 16.7. The summed E-state index contributed by atoms with van der Waals surface area (Å²) in [6.07, 6.45) is 6.36. The number of amides is 1. The zero-order valence-electron chi connectivity index (χ0n) is 12.5. The molecule has 2 saturated carbocycles. The molecule has 0 unspecified atom stereocenters. The summed E-state index contributed by atoms with van der Waals surface area (Å²) in [5.74, 6) is 2.22. The lowest BCUT2D eigenvalue weighted by Crippen LogP contribution is -2.47. The van der Waals surface area contributed by atoms with Gasteiger partial charge in [0.15, 0.2) is 0 Å². The number of nitrogens with one attached hydrogen (secondary N) is 1. The van der Waals surface area contributed by atoms with Crippen LogP contribution in [0, 0.1) is 11.8 Å². The van der Waals surface area contributed by atoms with Gasteiger partial charge in [-0.15, -0.1) is 12.4 Å². The summed E-state index contributed by atoms with van der Waals surface area (Å²) >= 11 is 0. The Balaban J connectivity index is 0.00000147. The fourth-order valence-electron chi connectivity index (χ4n) is 3.47. The van der Waals surface area contributed by atoms with Gasteiger partial charge in [-0.3, -0.25) is 4.79 Å². The van der Waals surface area contributed by atoms with E-state index in [9.17, 15) is 4.79 Å². The SMILES string of the molecule is CN(CCC(=O)N1CCNCC1)C(C1CC1)C1CC1.Cl. The van der Waals surface area contributed by atoms with Crippen LogP contribution in [0.15, 0.2) is 0 Å². The van der Waals surface area contributed by atoms with E-state index in [1.54, 1.807) is 0 Å². The number of carbonyl (C=O) groups excluding carboxylic acids is 1. The molecule has 3 fully saturated rings. The van der Waals surface area contributed by atoms with Gasteiger partial charge in [0, 0.05) is 45.2 Å². The van der Waals surface area contributed by atoms with E-state index in [1.165, 1.54) is 25.7 Å². The van der Waals surface area contributed by atoms with Crippen molar-refractivity contribution in [2.45, 2.75) is 38.1 Å². The second-order valence-electron chi connectivity index (χ2n) is 6.53. The first-order valence-corrected chi connectivity index (χ1v) is 7.94. The van der Waals surface area contributed by atoms with Gasteiger partial charge in [0.1, 0.15) is 0 Å². The molecule has 20 heavy (non-hydrogen) atoms. The molecule has 116 valence electrons. The summed E-state index contributed by atoms with van der Waals surface area (Å²) in [5, 5.41) is 3.29. The van der Waals surface area contributed by atoms with E-state index in [2.05, 4.69) is 17.3 Å². The van der Waals surface area contributed by atoms with Gasteiger partial charge in [-0.25, -0.2) is 0 Å². The molecule has 0 atom stereocenters. The molecule has 5 heteroatoms. The van der Waals surface area contributed by atoms with Crippen LogP contribution in [-0.4, -0.2) is 61.5 Å². The lowest BCUT2D eigenvalue weighted by molar-refractivity contribution is -0.132. The second-order valence-corrected chi connectivity index (χ2v) is 6.53. The first kappa shape index (κ1) is 16.1. The average Bonchev–Trinajstić information content (AvgIpc) is 3.31. The van der Waals surface area contributed by atoms with E-state index < -0.39 is 0 Å². The number of piperazine rings is 1. The molecule has 0 aromatic heterocycles. The largest absolute Gasteiger partial charge is 0.340 e. The van der Waals surface area contributed by atoms with E-state index in [0.29, 0.717) is 12.3 Å². The first-order valence-electron chi connectivity index (χ1n) is 7.94. The third kappa shape index (κ3) is 4.09. The molecule has 3 rings (SSSR count). The molecule has 0 spiro atoms. The standard InChI is InChI=1S/C15H27N3O.ClH/c1-17(15(12-2-3-12)13-4-5-13)9-6-14(19)18-10-7-16-8-11-18;/h12-13,15-16H,2-11H2,1H3;1H. The molecule has 1 amide bonds. The number of hydrogen-bond acceptors (Lipinski definition) is 3. The molecule has 0 radical (unpaired) electrons. The predicted octanol–water partition coefficient (Wildman–Crippen LogP) is 1.35. The molecular formula is C15H28ClN3O. The van der Waals surface area contributed by atoms with Crippen molar-refractivity contribution >= 4 is 18.3 Å². The van der Waals surface area contributed by atoms with Crippen LogP contribution in [0.2, 0.25) is 0 Å². The maximum absolute atomic E-state index is 12.2. The minimum absolute atomic E-state index is 0. The van der Waals surface area contributed by atoms with Crippen LogP contribution < -0.4 is 5.32 Å². The molecule has 3 aliphatic rings. The zero-order valence-corrected chi connectivity index (χ0v) is 13.3. The van der Waals surface area contributed by atoms with Crippen molar-refractivity contribution in [3.63, 3.8) is 0 Å². The van der Waals surface area contributed by atoms with Crippen molar-refractivity contribution in [2.75, 3.05) is 39.8 Å².